The number of anilines is 1. The molecule has 0 aliphatic rings. The van der Waals surface area contributed by atoms with Gasteiger partial charge in [0.2, 0.25) is 0 Å². The molecule has 2 aromatic carbocycles. The van der Waals surface area contributed by atoms with Crippen LogP contribution in [0.15, 0.2) is 54.6 Å². The van der Waals surface area contributed by atoms with Crippen LogP contribution in [0.2, 0.25) is 0 Å². The summed E-state index contributed by atoms with van der Waals surface area (Å²) in [5.74, 6) is -1.14. The Labute approximate surface area is 112 Å². The van der Waals surface area contributed by atoms with Crippen LogP contribution in [0.1, 0.15) is 22.8 Å². The van der Waals surface area contributed by atoms with Crippen LogP contribution in [-0.2, 0) is 11.2 Å². The second-order valence-electron chi connectivity index (χ2n) is 4.20. The average molecular weight is 253 g/mol. The summed E-state index contributed by atoms with van der Waals surface area (Å²) in [4.78, 5) is 23.7. The van der Waals surface area contributed by atoms with Crippen molar-refractivity contribution >= 4 is 17.4 Å². The summed E-state index contributed by atoms with van der Waals surface area (Å²) >= 11 is 0. The molecule has 0 aliphatic carbocycles. The molecule has 0 aromatic heterocycles. The minimum atomic E-state index is -0.615. The van der Waals surface area contributed by atoms with Crippen molar-refractivity contribution in [3.63, 3.8) is 0 Å². The fraction of sp³-hybridized carbons (Fsp3) is 0.125. The van der Waals surface area contributed by atoms with E-state index >= 15 is 0 Å². The first-order chi connectivity index (χ1) is 9.20. The van der Waals surface area contributed by atoms with Crippen LogP contribution in [0.5, 0.6) is 0 Å². The van der Waals surface area contributed by atoms with Gasteiger partial charge >= 0.3 is 0 Å². The van der Waals surface area contributed by atoms with Gasteiger partial charge in [-0.2, -0.15) is 0 Å². The predicted octanol–water partition coefficient (Wildman–Crippen LogP) is 3.07. The topological polar surface area (TPSA) is 46.2 Å². The van der Waals surface area contributed by atoms with Crippen molar-refractivity contribution in [2.45, 2.75) is 13.3 Å². The van der Waals surface area contributed by atoms with E-state index in [1.54, 1.807) is 42.5 Å². The van der Waals surface area contributed by atoms with Gasteiger partial charge in [-0.05, 0) is 24.1 Å². The molecule has 0 bridgehead atoms. The molecule has 0 unspecified atom stereocenters. The summed E-state index contributed by atoms with van der Waals surface area (Å²) < 4.78 is 0. The van der Waals surface area contributed by atoms with Gasteiger partial charge in [-0.3, -0.25) is 9.59 Å². The number of rotatable bonds is 4. The first-order valence-corrected chi connectivity index (χ1v) is 6.20. The maximum atomic E-state index is 11.9. The lowest BCUT2D eigenvalue weighted by Gasteiger charge is -2.05. The molecule has 0 atom stereocenters. The van der Waals surface area contributed by atoms with Crippen LogP contribution in [-0.4, -0.2) is 11.7 Å². The monoisotopic (exact) mass is 253 g/mol. The summed E-state index contributed by atoms with van der Waals surface area (Å²) in [6.07, 6.45) is 0.942. The van der Waals surface area contributed by atoms with Gasteiger partial charge in [-0.1, -0.05) is 49.4 Å². The van der Waals surface area contributed by atoms with E-state index in [2.05, 4.69) is 12.2 Å². The average Bonchev–Trinajstić information content (AvgIpc) is 2.48. The summed E-state index contributed by atoms with van der Waals surface area (Å²) in [6.45, 7) is 2.06. The second kappa shape index (κ2) is 5.96. The molecule has 1 amide bonds. The smallest absolute Gasteiger partial charge is 0.296 e. The zero-order chi connectivity index (χ0) is 13.7. The van der Waals surface area contributed by atoms with Crippen LogP contribution >= 0.6 is 0 Å². The Balaban J connectivity index is 2.06. The minimum absolute atomic E-state index is 0.394. The van der Waals surface area contributed by atoms with Gasteiger partial charge in [0, 0.05) is 11.3 Å². The highest BCUT2D eigenvalue weighted by molar-refractivity contribution is 6.46. The van der Waals surface area contributed by atoms with Crippen molar-refractivity contribution in [3.05, 3.63) is 65.7 Å². The number of ketones is 1. The van der Waals surface area contributed by atoms with E-state index in [4.69, 9.17) is 0 Å². The highest BCUT2D eigenvalue weighted by Crippen LogP contribution is 2.11. The van der Waals surface area contributed by atoms with Crippen LogP contribution in [0.3, 0.4) is 0 Å². The maximum absolute atomic E-state index is 11.9. The number of amides is 1. The number of benzene rings is 2. The molecule has 1 N–H and O–H groups in total. The van der Waals surface area contributed by atoms with E-state index < -0.39 is 11.7 Å². The first-order valence-electron chi connectivity index (χ1n) is 6.20. The van der Waals surface area contributed by atoms with E-state index in [0.717, 1.165) is 6.42 Å². The third-order valence-electron chi connectivity index (χ3n) is 2.86. The molecule has 0 radical (unpaired) electrons. The second-order valence-corrected chi connectivity index (χ2v) is 4.20. The summed E-state index contributed by atoms with van der Waals surface area (Å²) in [5.41, 5.74) is 2.21. The van der Waals surface area contributed by atoms with Crippen LogP contribution in [0.25, 0.3) is 0 Å². The highest BCUT2D eigenvalue weighted by atomic mass is 16.2. The van der Waals surface area contributed by atoms with Crippen molar-refractivity contribution in [1.29, 1.82) is 0 Å². The van der Waals surface area contributed by atoms with Crippen molar-refractivity contribution < 1.29 is 9.59 Å². The summed E-state index contributed by atoms with van der Waals surface area (Å²) in [7, 11) is 0. The lowest BCUT2D eigenvalue weighted by molar-refractivity contribution is -0.112. The van der Waals surface area contributed by atoms with Gasteiger partial charge in [0.1, 0.15) is 0 Å². The quantitative estimate of drug-likeness (QED) is 0.672. The molecule has 0 spiro atoms. The molecule has 96 valence electrons. The molecule has 2 aromatic rings. The van der Waals surface area contributed by atoms with E-state index in [0.29, 0.717) is 11.3 Å². The number of nitrogens with one attached hydrogen (secondary N) is 1. The lowest BCUT2D eigenvalue weighted by Crippen LogP contribution is -2.22. The van der Waals surface area contributed by atoms with Crippen molar-refractivity contribution in [3.8, 4) is 0 Å². The number of hydrogen-bond acceptors (Lipinski definition) is 2. The largest absolute Gasteiger partial charge is 0.319 e. The first kappa shape index (κ1) is 13.0. The summed E-state index contributed by atoms with van der Waals surface area (Å²) in [5, 5.41) is 2.60. The van der Waals surface area contributed by atoms with Crippen molar-refractivity contribution in [2.75, 3.05) is 5.32 Å². The molecule has 3 heteroatoms. The molecule has 0 fully saturated rings. The number of hydrogen-bond donors (Lipinski definition) is 1. The third-order valence-corrected chi connectivity index (χ3v) is 2.86. The Morgan fingerprint density at radius 3 is 2.16 bits per heavy atom. The van der Waals surface area contributed by atoms with E-state index in [9.17, 15) is 9.59 Å². The molecule has 2 rings (SSSR count). The Morgan fingerprint density at radius 2 is 1.58 bits per heavy atom. The fourth-order valence-corrected chi connectivity index (χ4v) is 1.73. The molecular formula is C16H15NO2. The van der Waals surface area contributed by atoms with Gasteiger partial charge in [0.15, 0.2) is 0 Å². The number of aryl methyl sites for hydroxylation is 1. The number of carbonyl (C=O) groups excluding carboxylic acids is 2. The summed E-state index contributed by atoms with van der Waals surface area (Å²) in [6, 6.07) is 16.0. The minimum Gasteiger partial charge on any atom is -0.319 e. The van der Waals surface area contributed by atoms with Gasteiger partial charge in [-0.15, -0.1) is 0 Å². The molecular weight excluding hydrogens is 238 g/mol. The SMILES string of the molecule is CCc1ccc(NC(=O)C(=O)c2ccccc2)cc1. The van der Waals surface area contributed by atoms with Crippen LogP contribution in [0.4, 0.5) is 5.69 Å². The maximum Gasteiger partial charge on any atom is 0.296 e. The molecule has 3 nitrogen and oxygen atoms in total. The van der Waals surface area contributed by atoms with Crippen molar-refractivity contribution in [2.24, 2.45) is 0 Å². The lowest BCUT2D eigenvalue weighted by atomic mass is 10.1. The molecule has 0 saturated heterocycles. The highest BCUT2D eigenvalue weighted by Gasteiger charge is 2.15. The Kier molecular flexibility index (Phi) is 4.08. The Bertz CT molecular complexity index is 573. The number of Topliss-reactive ketones (excluding diaryl/α,β-unsaturated/α-hetero) is 1. The molecule has 0 aliphatic heterocycles. The van der Waals surface area contributed by atoms with E-state index in [-0.39, 0.29) is 0 Å². The molecule has 0 saturated carbocycles. The predicted molar refractivity (Wildman–Crippen MR) is 75.2 cm³/mol. The molecule has 0 heterocycles. The van der Waals surface area contributed by atoms with Gasteiger partial charge in [0.05, 0.1) is 0 Å². The van der Waals surface area contributed by atoms with E-state index in [1.165, 1.54) is 5.56 Å². The fourth-order valence-electron chi connectivity index (χ4n) is 1.73. The Hall–Kier alpha value is -2.42. The van der Waals surface area contributed by atoms with Gasteiger partial charge in [0.25, 0.3) is 11.7 Å². The number of carbonyl (C=O) groups is 2. The Morgan fingerprint density at radius 1 is 0.947 bits per heavy atom. The van der Waals surface area contributed by atoms with Crippen molar-refractivity contribution in [1.82, 2.24) is 0 Å². The van der Waals surface area contributed by atoms with E-state index in [1.807, 2.05) is 12.1 Å². The van der Waals surface area contributed by atoms with Crippen LogP contribution in [0, 0.1) is 0 Å². The third kappa shape index (κ3) is 3.28. The zero-order valence-corrected chi connectivity index (χ0v) is 10.7. The standard InChI is InChI=1S/C16H15NO2/c1-2-12-8-10-14(11-9-12)17-16(19)15(18)13-6-4-3-5-7-13/h3-11H,2H2,1H3,(H,17,19). The molecule has 19 heavy (non-hydrogen) atoms. The zero-order valence-electron chi connectivity index (χ0n) is 10.7. The van der Waals surface area contributed by atoms with Gasteiger partial charge < -0.3 is 5.32 Å². The normalized spacial score (nSPS) is 9.95. The van der Waals surface area contributed by atoms with Crippen LogP contribution < -0.4 is 5.32 Å². The van der Waals surface area contributed by atoms with Gasteiger partial charge in [-0.25, -0.2) is 0 Å².